The summed E-state index contributed by atoms with van der Waals surface area (Å²) in [4.78, 5) is 139. The Bertz CT molecular complexity index is 3590. The number of carbonyl (C=O) groups excluding carboxylic acids is 8. The first-order chi connectivity index (χ1) is 39.8. The average Bonchev–Trinajstić information content (AvgIpc) is 2.49. The SMILES string of the molecule is Cc1ncsc1-c1ccc([C@H](C)NC(=O)[C@@H]2C[C@@H](O)CN2C(=O)[C@@H](NC(=O)CCc2cccc(OC[C@H](CCC(N)=O)NC(=O)[C@@H]3Cc4cccc5c4N3C(=O)[C@@H](NC(=O)c3cc4cc(C(=O)P(=O)(O)O)ccc4[nH]3)CC5)c2)C(C)(C)C)cc1. The molecule has 5 heterocycles. The van der Waals surface area contributed by atoms with E-state index in [0.717, 1.165) is 38.4 Å². The number of fused-ring (bicyclic) bond motifs is 1. The number of aromatic nitrogens is 2. The molecule has 0 bridgehead atoms. The van der Waals surface area contributed by atoms with Gasteiger partial charge in [-0.3, -0.25) is 47.8 Å². The molecule has 1 fully saturated rings. The normalized spacial score (nSPS) is 18.7. The predicted octanol–water partition coefficient (Wildman–Crippen LogP) is 5.05. The number of aryl methyl sites for hydroxylation is 3. The minimum absolute atomic E-state index is 0.0197. The number of aliphatic hydroxyl groups is 1. The van der Waals surface area contributed by atoms with E-state index in [1.165, 1.54) is 34.1 Å². The molecule has 0 radical (unpaired) electrons. The number of anilines is 1. The fourth-order valence-corrected chi connectivity index (χ4v) is 12.4. The lowest BCUT2D eigenvalue weighted by molar-refractivity contribution is -0.144. The Morgan fingerprint density at radius 1 is 0.905 bits per heavy atom. The number of primary amides is 1. The summed E-state index contributed by atoms with van der Waals surface area (Å²) in [6.45, 7) is 9.05. The number of ether oxygens (including phenoxy) is 1. The van der Waals surface area contributed by atoms with Crippen LogP contribution >= 0.6 is 18.9 Å². The third-order valence-electron chi connectivity index (χ3n) is 15.5. The Hall–Kier alpha value is -8.08. The summed E-state index contributed by atoms with van der Waals surface area (Å²) in [7, 11) is -5.06. The second kappa shape index (κ2) is 25.0. The number of benzene rings is 4. The van der Waals surface area contributed by atoms with Gasteiger partial charge in [0.25, 0.3) is 11.4 Å². The van der Waals surface area contributed by atoms with Crippen LogP contribution in [0.2, 0.25) is 0 Å². The summed E-state index contributed by atoms with van der Waals surface area (Å²) in [5.74, 6) is -3.26. The monoisotopic (exact) mass is 1190 g/mol. The van der Waals surface area contributed by atoms with Gasteiger partial charge in [0.2, 0.25) is 35.4 Å². The van der Waals surface area contributed by atoms with Gasteiger partial charge >= 0.3 is 7.60 Å². The van der Waals surface area contributed by atoms with Crippen molar-refractivity contribution in [3.63, 3.8) is 0 Å². The fourth-order valence-electron chi connectivity index (χ4n) is 11.1. The molecule has 3 aliphatic heterocycles. The van der Waals surface area contributed by atoms with Crippen LogP contribution in [0.3, 0.4) is 0 Å². The minimum atomic E-state index is -5.06. The van der Waals surface area contributed by atoms with Gasteiger partial charge in [-0.2, -0.15) is 0 Å². The van der Waals surface area contributed by atoms with Crippen LogP contribution in [0.1, 0.15) is 115 Å². The Balaban J connectivity index is 0.809. The van der Waals surface area contributed by atoms with Gasteiger partial charge < -0.3 is 56.5 Å². The predicted molar refractivity (Wildman–Crippen MR) is 313 cm³/mol. The zero-order chi connectivity index (χ0) is 60.4. The van der Waals surface area contributed by atoms with Gasteiger partial charge in [0.15, 0.2) is 0 Å². The number of β-amino-alcohol motifs (C(OH)–C–C–N with tert-alkyl or cyclic N) is 1. The Labute approximate surface area is 488 Å². The molecule has 4 aromatic carbocycles. The first kappa shape index (κ1) is 60.5. The van der Waals surface area contributed by atoms with E-state index in [1.54, 1.807) is 35.0 Å². The van der Waals surface area contributed by atoms with Crippen LogP contribution in [-0.2, 0) is 52.6 Å². The van der Waals surface area contributed by atoms with E-state index in [-0.39, 0.29) is 69.4 Å². The lowest BCUT2D eigenvalue weighted by Crippen LogP contribution is -2.57. The number of nitrogens with two attached hydrogens (primary N) is 1. The molecule has 24 heteroatoms. The Morgan fingerprint density at radius 2 is 1.63 bits per heavy atom. The lowest BCUT2D eigenvalue weighted by Gasteiger charge is -2.35. The number of hydrogen-bond acceptors (Lipinski definition) is 13. The number of hydrogen-bond donors (Lipinski definition) is 9. The largest absolute Gasteiger partial charge is 0.491 e. The van der Waals surface area contributed by atoms with Gasteiger partial charge in [-0.25, -0.2) is 4.98 Å². The van der Waals surface area contributed by atoms with Crippen molar-refractivity contribution in [1.82, 2.24) is 36.1 Å². The molecule has 84 heavy (non-hydrogen) atoms. The van der Waals surface area contributed by atoms with Crippen LogP contribution in [0.25, 0.3) is 21.3 Å². The van der Waals surface area contributed by atoms with Crippen molar-refractivity contribution in [1.29, 1.82) is 0 Å². The molecule has 7 amide bonds. The van der Waals surface area contributed by atoms with Crippen LogP contribution in [0.5, 0.6) is 5.75 Å². The number of likely N-dealkylation sites (tertiary alicyclic amines) is 1. The van der Waals surface area contributed by atoms with Gasteiger partial charge in [-0.15, -0.1) is 11.3 Å². The molecule has 0 unspecified atom stereocenters. The molecule has 0 saturated carbocycles. The van der Waals surface area contributed by atoms with Gasteiger partial charge in [0.05, 0.1) is 40.0 Å². The molecule has 1 saturated heterocycles. The highest BCUT2D eigenvalue weighted by atomic mass is 32.1. The highest BCUT2D eigenvalue weighted by Crippen LogP contribution is 2.41. The lowest BCUT2D eigenvalue weighted by atomic mass is 9.85. The summed E-state index contributed by atoms with van der Waals surface area (Å²) in [5.41, 5.74) is 11.1. The summed E-state index contributed by atoms with van der Waals surface area (Å²) in [6, 6.07) is 20.3. The third-order valence-corrected chi connectivity index (χ3v) is 17.3. The Kier molecular flexibility index (Phi) is 18.0. The van der Waals surface area contributed by atoms with E-state index in [2.05, 4.69) is 31.2 Å². The summed E-state index contributed by atoms with van der Waals surface area (Å²) < 4.78 is 17.8. The summed E-state index contributed by atoms with van der Waals surface area (Å²) in [5, 5.41) is 22.8. The number of aromatic amines is 1. The number of H-pyrrole nitrogens is 1. The number of thiazole rings is 1. The van der Waals surface area contributed by atoms with E-state index in [9.17, 15) is 57.8 Å². The average molecular weight is 1190 g/mol. The highest BCUT2D eigenvalue weighted by molar-refractivity contribution is 7.70. The maximum atomic E-state index is 14.6. The van der Waals surface area contributed by atoms with Gasteiger partial charge in [-0.05, 0) is 109 Å². The van der Waals surface area contributed by atoms with E-state index in [4.69, 9.17) is 10.5 Å². The molecule has 3 aliphatic rings. The zero-order valence-corrected chi connectivity index (χ0v) is 48.8. The van der Waals surface area contributed by atoms with Crippen molar-refractivity contribution in [2.75, 3.05) is 18.1 Å². The van der Waals surface area contributed by atoms with Gasteiger partial charge in [0.1, 0.15) is 42.2 Å². The van der Waals surface area contributed by atoms with Crippen LogP contribution in [0.4, 0.5) is 5.69 Å². The standard InChI is InChI=1S/C60H68N9O13PS/c1-32(35-13-15-37(16-14-35)52-33(2)62-31-84-52)63-55(74)47-28-42(70)29-68(47)58(77)53(60(3,4)5)67-50(72)23-12-34-8-6-11-43(24-34)82-30-41(19-22-49(61)71)64-56(75)48-27-38-10-7-9-36-17-21-45(57(76)69(48)51(36)38)66-54(73)46-26-40-25-39(18-20-44(40)65-46)59(78)83(79,80)81/h6-11,13-16,18,20,24-26,31-32,41-42,45,47-48,53,65,70H,12,17,19,21-23,27-30H2,1-5H3,(H2,61,71)(H,63,74)(H,64,75)(H,66,73)(H,67,72)(H2,79,80,81)/t32-,41-,42+,45-,47-,48-,53+/m0/s1. The summed E-state index contributed by atoms with van der Waals surface area (Å²) >= 11 is 1.55. The zero-order valence-electron chi connectivity index (χ0n) is 47.0. The smallest absolute Gasteiger partial charge is 0.396 e. The molecule has 7 atom stereocenters. The second-order valence-electron chi connectivity index (χ2n) is 22.8. The number of carbonyl (C=O) groups is 8. The van der Waals surface area contributed by atoms with Crippen molar-refractivity contribution >= 4 is 82.4 Å². The van der Waals surface area contributed by atoms with E-state index >= 15 is 0 Å². The number of amides is 7. The van der Waals surface area contributed by atoms with Crippen LogP contribution in [0.15, 0.2) is 96.5 Å². The van der Waals surface area contributed by atoms with Crippen molar-refractivity contribution in [2.45, 2.75) is 128 Å². The summed E-state index contributed by atoms with van der Waals surface area (Å²) in [6.07, 6.45) is 0.0561. The number of rotatable bonds is 21. The highest BCUT2D eigenvalue weighted by Gasteiger charge is 2.46. The number of nitrogens with zero attached hydrogens (tertiary/aromatic N) is 3. The molecule has 0 spiro atoms. The van der Waals surface area contributed by atoms with E-state index in [1.807, 2.05) is 83.1 Å². The maximum Gasteiger partial charge on any atom is 0.396 e. The van der Waals surface area contributed by atoms with Crippen LogP contribution in [-0.4, -0.2) is 126 Å². The fraction of sp³-hybridized carbons (Fsp3) is 0.383. The van der Waals surface area contributed by atoms with Crippen LogP contribution < -0.4 is 36.6 Å². The first-order valence-corrected chi connectivity index (χ1v) is 30.2. The molecular weight excluding hydrogens is 1120 g/mol. The van der Waals surface area contributed by atoms with Crippen molar-refractivity contribution in [3.05, 3.63) is 136 Å². The molecule has 22 nitrogen and oxygen atoms in total. The number of para-hydroxylation sites is 1. The number of nitrogens with one attached hydrogen (secondary N) is 5. The second-order valence-corrected chi connectivity index (χ2v) is 25.2. The number of aliphatic hydroxyl groups excluding tert-OH is 1. The molecular formula is C60H68N9O13PS. The molecule has 10 N–H and O–H groups in total. The van der Waals surface area contributed by atoms with Crippen molar-refractivity contribution in [3.8, 4) is 16.2 Å². The maximum absolute atomic E-state index is 14.6. The van der Waals surface area contributed by atoms with E-state index in [0.29, 0.717) is 28.8 Å². The molecule has 0 aliphatic carbocycles. The van der Waals surface area contributed by atoms with Gasteiger partial charge in [-0.1, -0.05) is 75.4 Å². The van der Waals surface area contributed by atoms with E-state index < -0.39 is 102 Å². The first-order valence-electron chi connectivity index (χ1n) is 27.7. The quantitative estimate of drug-likeness (QED) is 0.0426. The topological polar surface area (TPSA) is 333 Å². The molecule has 442 valence electrons. The van der Waals surface area contributed by atoms with Crippen LogP contribution in [0, 0.1) is 12.3 Å². The van der Waals surface area contributed by atoms with Crippen molar-refractivity contribution in [2.24, 2.45) is 11.1 Å². The molecule has 9 rings (SSSR count). The minimum Gasteiger partial charge on any atom is -0.491 e. The third kappa shape index (κ3) is 13.8. The Morgan fingerprint density at radius 3 is 2.33 bits per heavy atom. The van der Waals surface area contributed by atoms with Gasteiger partial charge in [0, 0.05) is 48.7 Å². The van der Waals surface area contributed by atoms with Crippen molar-refractivity contribution < 1.29 is 62.6 Å². The molecule has 2 aromatic heterocycles. The molecule has 6 aromatic rings.